The summed E-state index contributed by atoms with van der Waals surface area (Å²) in [4.78, 5) is 10.9. The Hall–Kier alpha value is 0.170. The maximum atomic E-state index is 10.9. The fraction of sp³-hybridized carbons (Fsp3) is 0.375. The molecule has 0 fully saturated rings. The second kappa shape index (κ2) is 6.66. The summed E-state index contributed by atoms with van der Waals surface area (Å²) in [5.74, 6) is -0.144. The van der Waals surface area contributed by atoms with Crippen LogP contribution in [0.5, 0.6) is 5.06 Å². The summed E-state index contributed by atoms with van der Waals surface area (Å²) in [7, 11) is 0. The van der Waals surface area contributed by atoms with Crippen molar-refractivity contribution < 1.29 is 9.53 Å². The number of carbonyl (C=O) groups excluding carboxylic acids is 1. The van der Waals surface area contributed by atoms with Gasteiger partial charge in [-0.25, -0.2) is 0 Å². The average molecular weight is 194 g/mol. The summed E-state index contributed by atoms with van der Waals surface area (Å²) >= 11 is 1.43. The Morgan fingerprint density at radius 3 is 2.92 bits per heavy atom. The van der Waals surface area contributed by atoms with Crippen LogP contribution in [0.4, 0.5) is 0 Å². The van der Waals surface area contributed by atoms with E-state index in [-0.39, 0.29) is 35.5 Å². The van der Waals surface area contributed by atoms with Gasteiger partial charge in [0.25, 0.3) is 0 Å². The van der Waals surface area contributed by atoms with E-state index in [1.54, 1.807) is 6.07 Å². The van der Waals surface area contributed by atoms with E-state index < -0.39 is 0 Å². The predicted molar refractivity (Wildman–Crippen MR) is 52.0 cm³/mol. The van der Waals surface area contributed by atoms with Crippen molar-refractivity contribution in [1.82, 2.24) is 0 Å². The molecule has 0 saturated carbocycles. The van der Waals surface area contributed by atoms with Gasteiger partial charge in [-0.3, -0.25) is 4.79 Å². The minimum absolute atomic E-state index is 0. The van der Waals surface area contributed by atoms with Gasteiger partial charge in [-0.15, -0.1) is 11.3 Å². The summed E-state index contributed by atoms with van der Waals surface area (Å²) in [6, 6.07) is 3.65. The molecule has 0 saturated heterocycles. The van der Waals surface area contributed by atoms with Crippen LogP contribution in [0.3, 0.4) is 0 Å². The second-order valence-corrected chi connectivity index (χ2v) is 3.07. The molecule has 0 N–H and O–H groups in total. The van der Waals surface area contributed by atoms with E-state index in [9.17, 15) is 4.79 Å². The van der Waals surface area contributed by atoms with Gasteiger partial charge >= 0.3 is 35.5 Å². The van der Waals surface area contributed by atoms with Crippen LogP contribution in [0.25, 0.3) is 0 Å². The molecule has 0 unspecified atom stereocenters. The Kier molecular flexibility index (Phi) is 6.76. The monoisotopic (exact) mass is 194 g/mol. The molecule has 4 heteroatoms. The van der Waals surface area contributed by atoms with Gasteiger partial charge < -0.3 is 4.74 Å². The zero-order valence-corrected chi connectivity index (χ0v) is 7.19. The molecule has 1 heterocycles. The number of hydrogen-bond donors (Lipinski definition) is 0. The number of rotatable bonds is 3. The van der Waals surface area contributed by atoms with Crippen molar-refractivity contribution in [1.29, 1.82) is 0 Å². The van der Waals surface area contributed by atoms with Crippen LogP contribution in [-0.2, 0) is 4.79 Å². The van der Waals surface area contributed by atoms with E-state index in [2.05, 4.69) is 0 Å². The van der Waals surface area contributed by atoms with Crippen molar-refractivity contribution >= 4 is 46.9 Å². The SMILES string of the molecule is CCCC(=O)Oc1cccs1.[NaH]. The summed E-state index contributed by atoms with van der Waals surface area (Å²) < 4.78 is 4.97. The van der Waals surface area contributed by atoms with Gasteiger partial charge in [0.1, 0.15) is 0 Å². The van der Waals surface area contributed by atoms with Crippen molar-refractivity contribution in [3.8, 4) is 5.06 Å². The van der Waals surface area contributed by atoms with E-state index in [0.29, 0.717) is 11.5 Å². The molecule has 62 valence electrons. The van der Waals surface area contributed by atoms with Crippen LogP contribution >= 0.6 is 11.3 Å². The molecule has 0 bridgehead atoms. The van der Waals surface area contributed by atoms with Gasteiger partial charge in [-0.1, -0.05) is 6.92 Å². The molecule has 0 aliphatic carbocycles. The normalized spacial score (nSPS) is 8.75. The second-order valence-electron chi connectivity index (χ2n) is 2.16. The standard InChI is InChI=1S/C8H10O2S.Na.H/c1-2-4-7(9)10-8-5-3-6-11-8;;/h3,5-6H,2,4H2,1H3;;. The summed E-state index contributed by atoms with van der Waals surface area (Å²) in [5.41, 5.74) is 0. The first-order chi connectivity index (χ1) is 5.33. The molecule has 0 amide bonds. The van der Waals surface area contributed by atoms with E-state index in [0.717, 1.165) is 6.42 Å². The third-order valence-corrected chi connectivity index (χ3v) is 1.91. The minimum atomic E-state index is -0.144. The Balaban J connectivity index is 0.00000121. The molecule has 0 aliphatic heterocycles. The Labute approximate surface area is 98.2 Å². The zero-order valence-electron chi connectivity index (χ0n) is 6.37. The Bertz CT molecular complexity index is 221. The molecule has 0 atom stereocenters. The van der Waals surface area contributed by atoms with Crippen LogP contribution in [0, 0.1) is 0 Å². The van der Waals surface area contributed by atoms with Crippen LogP contribution in [-0.4, -0.2) is 35.5 Å². The number of thiophene rings is 1. The molecule has 1 rings (SSSR count). The number of ether oxygens (including phenoxy) is 1. The predicted octanol–water partition coefficient (Wildman–Crippen LogP) is 1.81. The fourth-order valence-electron chi connectivity index (χ4n) is 0.689. The molecule has 2 nitrogen and oxygen atoms in total. The molecule has 1 aromatic rings. The molecule has 0 aromatic carbocycles. The van der Waals surface area contributed by atoms with Crippen molar-refractivity contribution in [3.05, 3.63) is 17.5 Å². The summed E-state index contributed by atoms with van der Waals surface area (Å²) in [5, 5.41) is 2.57. The maximum absolute atomic E-state index is 10.9. The Morgan fingerprint density at radius 1 is 1.67 bits per heavy atom. The fourth-order valence-corrected chi connectivity index (χ4v) is 1.28. The topological polar surface area (TPSA) is 26.3 Å². The number of carbonyl (C=O) groups is 1. The first kappa shape index (κ1) is 12.2. The van der Waals surface area contributed by atoms with E-state index in [1.165, 1.54) is 11.3 Å². The molecule has 1 aromatic heterocycles. The van der Waals surface area contributed by atoms with Gasteiger partial charge in [0.15, 0.2) is 5.06 Å². The molecule has 0 aliphatic rings. The first-order valence-electron chi connectivity index (χ1n) is 3.57. The van der Waals surface area contributed by atoms with Gasteiger partial charge in [-0.2, -0.15) is 0 Å². The first-order valence-corrected chi connectivity index (χ1v) is 4.45. The van der Waals surface area contributed by atoms with Crippen molar-refractivity contribution in [3.63, 3.8) is 0 Å². The van der Waals surface area contributed by atoms with E-state index in [4.69, 9.17) is 4.74 Å². The molecule has 0 spiro atoms. The zero-order chi connectivity index (χ0) is 8.10. The third kappa shape index (κ3) is 4.26. The van der Waals surface area contributed by atoms with Crippen LogP contribution in [0.15, 0.2) is 17.5 Å². The van der Waals surface area contributed by atoms with E-state index >= 15 is 0 Å². The van der Waals surface area contributed by atoms with Crippen LogP contribution in [0.2, 0.25) is 0 Å². The van der Waals surface area contributed by atoms with Crippen molar-refractivity contribution in [2.75, 3.05) is 0 Å². The van der Waals surface area contributed by atoms with Gasteiger partial charge in [0, 0.05) is 6.42 Å². The van der Waals surface area contributed by atoms with Crippen molar-refractivity contribution in [2.24, 2.45) is 0 Å². The average Bonchev–Trinajstić information content (AvgIpc) is 2.40. The quantitative estimate of drug-likeness (QED) is 0.542. The van der Waals surface area contributed by atoms with Gasteiger partial charge in [0.05, 0.1) is 0 Å². The van der Waals surface area contributed by atoms with Gasteiger partial charge in [0.2, 0.25) is 0 Å². The van der Waals surface area contributed by atoms with E-state index in [1.807, 2.05) is 18.4 Å². The molecule has 0 radical (unpaired) electrons. The summed E-state index contributed by atoms with van der Waals surface area (Å²) in [6.45, 7) is 1.95. The third-order valence-electron chi connectivity index (χ3n) is 1.16. The molecular weight excluding hydrogens is 183 g/mol. The Morgan fingerprint density at radius 2 is 2.42 bits per heavy atom. The van der Waals surface area contributed by atoms with Crippen LogP contribution < -0.4 is 4.74 Å². The number of esters is 1. The number of hydrogen-bond acceptors (Lipinski definition) is 3. The summed E-state index contributed by atoms with van der Waals surface area (Å²) in [6.07, 6.45) is 1.34. The molecule has 12 heavy (non-hydrogen) atoms. The molecular formula is C8H11NaO2S. The van der Waals surface area contributed by atoms with Crippen LogP contribution in [0.1, 0.15) is 19.8 Å². The van der Waals surface area contributed by atoms with Crippen molar-refractivity contribution in [2.45, 2.75) is 19.8 Å². The van der Waals surface area contributed by atoms with Gasteiger partial charge in [-0.05, 0) is 23.9 Å².